The lowest BCUT2D eigenvalue weighted by Crippen LogP contribution is -2.26. The number of aromatic hydroxyl groups is 1. The molecule has 0 spiro atoms. The first-order valence-corrected chi connectivity index (χ1v) is 6.85. The van der Waals surface area contributed by atoms with Gasteiger partial charge in [0.15, 0.2) is 0 Å². The Morgan fingerprint density at radius 3 is 2.55 bits per heavy atom. The molecule has 0 fully saturated rings. The van der Waals surface area contributed by atoms with E-state index in [0.29, 0.717) is 22.3 Å². The Labute approximate surface area is 126 Å². The molecule has 0 radical (unpaired) electrons. The van der Waals surface area contributed by atoms with E-state index < -0.39 is 0 Å². The van der Waals surface area contributed by atoms with Gasteiger partial charge < -0.3 is 15.7 Å². The van der Waals surface area contributed by atoms with Gasteiger partial charge in [-0.15, -0.1) is 0 Å². The van der Waals surface area contributed by atoms with Crippen molar-refractivity contribution in [3.05, 3.63) is 58.1 Å². The zero-order valence-electron chi connectivity index (χ0n) is 11.0. The highest BCUT2D eigenvalue weighted by Crippen LogP contribution is 2.21. The standard InChI is InChI=1S/C15H15BrN2O2/c1-18(9-10-2-5-12(19)6-3-10)15(20)13-8-11(17)4-7-14(13)16/h2-8,19H,9,17H2,1H3. The van der Waals surface area contributed by atoms with E-state index >= 15 is 0 Å². The average Bonchev–Trinajstić information content (AvgIpc) is 2.43. The number of anilines is 1. The number of halogens is 1. The zero-order chi connectivity index (χ0) is 14.7. The lowest BCUT2D eigenvalue weighted by Gasteiger charge is -2.18. The first-order chi connectivity index (χ1) is 9.47. The monoisotopic (exact) mass is 334 g/mol. The second-order valence-electron chi connectivity index (χ2n) is 4.57. The highest BCUT2D eigenvalue weighted by molar-refractivity contribution is 9.10. The van der Waals surface area contributed by atoms with Gasteiger partial charge in [0.2, 0.25) is 0 Å². The highest BCUT2D eigenvalue weighted by atomic mass is 79.9. The smallest absolute Gasteiger partial charge is 0.255 e. The van der Waals surface area contributed by atoms with Crippen LogP contribution in [0.3, 0.4) is 0 Å². The van der Waals surface area contributed by atoms with E-state index in [4.69, 9.17) is 5.73 Å². The van der Waals surface area contributed by atoms with E-state index in [2.05, 4.69) is 15.9 Å². The summed E-state index contributed by atoms with van der Waals surface area (Å²) in [6.07, 6.45) is 0. The minimum atomic E-state index is -0.114. The molecular formula is C15H15BrN2O2. The highest BCUT2D eigenvalue weighted by Gasteiger charge is 2.15. The van der Waals surface area contributed by atoms with Crippen LogP contribution < -0.4 is 5.73 Å². The van der Waals surface area contributed by atoms with Gasteiger partial charge in [-0.1, -0.05) is 12.1 Å². The normalized spacial score (nSPS) is 10.3. The fourth-order valence-corrected chi connectivity index (χ4v) is 2.28. The van der Waals surface area contributed by atoms with Gasteiger partial charge in [0, 0.05) is 23.8 Å². The third-order valence-corrected chi connectivity index (χ3v) is 3.62. The van der Waals surface area contributed by atoms with Crippen molar-refractivity contribution < 1.29 is 9.90 Å². The molecule has 2 rings (SSSR count). The summed E-state index contributed by atoms with van der Waals surface area (Å²) in [6.45, 7) is 0.459. The summed E-state index contributed by atoms with van der Waals surface area (Å²) in [6, 6.07) is 11.9. The maximum Gasteiger partial charge on any atom is 0.255 e. The number of phenols is 1. The molecule has 4 nitrogen and oxygen atoms in total. The van der Waals surface area contributed by atoms with Crippen LogP contribution in [0.25, 0.3) is 0 Å². The summed E-state index contributed by atoms with van der Waals surface area (Å²) in [4.78, 5) is 14.0. The topological polar surface area (TPSA) is 66.6 Å². The van der Waals surface area contributed by atoms with Gasteiger partial charge in [0.05, 0.1) is 5.56 Å². The molecule has 0 saturated carbocycles. The van der Waals surface area contributed by atoms with Crippen LogP contribution in [-0.4, -0.2) is 23.0 Å². The van der Waals surface area contributed by atoms with Crippen LogP contribution in [0, 0.1) is 0 Å². The number of benzene rings is 2. The van der Waals surface area contributed by atoms with Gasteiger partial charge in [0.1, 0.15) is 5.75 Å². The molecule has 0 aliphatic carbocycles. The number of nitrogens with zero attached hydrogens (tertiary/aromatic N) is 1. The second kappa shape index (κ2) is 5.96. The Bertz CT molecular complexity index is 626. The summed E-state index contributed by atoms with van der Waals surface area (Å²) >= 11 is 3.36. The Morgan fingerprint density at radius 2 is 1.90 bits per heavy atom. The van der Waals surface area contributed by atoms with E-state index in [0.717, 1.165) is 5.56 Å². The van der Waals surface area contributed by atoms with Crippen molar-refractivity contribution in [3.8, 4) is 5.75 Å². The molecule has 0 aliphatic heterocycles. The number of amides is 1. The molecule has 0 bridgehead atoms. The number of hydrogen-bond donors (Lipinski definition) is 2. The molecule has 20 heavy (non-hydrogen) atoms. The number of phenolic OH excluding ortho intramolecular Hbond substituents is 1. The lowest BCUT2D eigenvalue weighted by molar-refractivity contribution is 0.0784. The Morgan fingerprint density at radius 1 is 1.25 bits per heavy atom. The van der Waals surface area contributed by atoms with Crippen molar-refractivity contribution in [1.29, 1.82) is 0 Å². The molecule has 0 unspecified atom stereocenters. The number of hydrogen-bond acceptors (Lipinski definition) is 3. The summed E-state index contributed by atoms with van der Waals surface area (Å²) in [5.41, 5.74) is 7.74. The number of carbonyl (C=O) groups is 1. The number of carbonyl (C=O) groups excluding carboxylic acids is 1. The fraction of sp³-hybridized carbons (Fsp3) is 0.133. The Kier molecular flexibility index (Phi) is 4.29. The van der Waals surface area contributed by atoms with E-state index in [-0.39, 0.29) is 11.7 Å². The van der Waals surface area contributed by atoms with Gasteiger partial charge in [-0.25, -0.2) is 0 Å². The van der Waals surface area contributed by atoms with Crippen molar-refractivity contribution >= 4 is 27.5 Å². The zero-order valence-corrected chi connectivity index (χ0v) is 12.6. The summed E-state index contributed by atoms with van der Waals surface area (Å²) in [7, 11) is 1.73. The van der Waals surface area contributed by atoms with Crippen molar-refractivity contribution in [3.63, 3.8) is 0 Å². The Hall–Kier alpha value is -2.01. The van der Waals surface area contributed by atoms with Gasteiger partial charge in [0.25, 0.3) is 5.91 Å². The van der Waals surface area contributed by atoms with Crippen LogP contribution in [-0.2, 0) is 6.54 Å². The molecule has 0 aromatic heterocycles. The minimum absolute atomic E-state index is 0.114. The molecule has 104 valence electrons. The summed E-state index contributed by atoms with van der Waals surface area (Å²) in [5.74, 6) is 0.0959. The van der Waals surface area contributed by atoms with Gasteiger partial charge in [-0.05, 0) is 51.8 Å². The van der Waals surface area contributed by atoms with Crippen LogP contribution in [0.2, 0.25) is 0 Å². The maximum atomic E-state index is 12.4. The lowest BCUT2D eigenvalue weighted by atomic mass is 10.1. The van der Waals surface area contributed by atoms with E-state index in [1.54, 1.807) is 54.4 Å². The fourth-order valence-electron chi connectivity index (χ4n) is 1.86. The predicted molar refractivity (Wildman–Crippen MR) is 82.5 cm³/mol. The third kappa shape index (κ3) is 3.30. The number of nitrogen functional groups attached to an aromatic ring is 1. The third-order valence-electron chi connectivity index (χ3n) is 2.92. The average molecular weight is 335 g/mol. The first kappa shape index (κ1) is 14.4. The van der Waals surface area contributed by atoms with E-state index in [1.807, 2.05) is 0 Å². The SMILES string of the molecule is CN(Cc1ccc(O)cc1)C(=O)c1cc(N)ccc1Br. The van der Waals surface area contributed by atoms with E-state index in [1.165, 1.54) is 0 Å². The van der Waals surface area contributed by atoms with Crippen molar-refractivity contribution in [1.82, 2.24) is 4.90 Å². The molecule has 0 saturated heterocycles. The predicted octanol–water partition coefficient (Wildman–Crippen LogP) is 3.01. The van der Waals surface area contributed by atoms with Crippen LogP contribution in [0.1, 0.15) is 15.9 Å². The van der Waals surface area contributed by atoms with Crippen molar-refractivity contribution in [2.45, 2.75) is 6.54 Å². The summed E-state index contributed by atoms with van der Waals surface area (Å²) in [5, 5.41) is 9.24. The molecule has 0 heterocycles. The van der Waals surface area contributed by atoms with Crippen molar-refractivity contribution in [2.75, 3.05) is 12.8 Å². The molecule has 0 atom stereocenters. The quantitative estimate of drug-likeness (QED) is 0.848. The molecular weight excluding hydrogens is 320 g/mol. The van der Waals surface area contributed by atoms with Gasteiger partial charge in [-0.2, -0.15) is 0 Å². The van der Waals surface area contributed by atoms with Gasteiger partial charge in [-0.3, -0.25) is 4.79 Å². The second-order valence-corrected chi connectivity index (χ2v) is 5.42. The maximum absolute atomic E-state index is 12.4. The molecule has 5 heteroatoms. The molecule has 2 aromatic rings. The van der Waals surface area contributed by atoms with Crippen LogP contribution in [0.5, 0.6) is 5.75 Å². The molecule has 2 aromatic carbocycles. The van der Waals surface area contributed by atoms with Gasteiger partial charge >= 0.3 is 0 Å². The van der Waals surface area contributed by atoms with Crippen molar-refractivity contribution in [2.24, 2.45) is 0 Å². The molecule has 1 amide bonds. The summed E-state index contributed by atoms with van der Waals surface area (Å²) < 4.78 is 0.717. The van der Waals surface area contributed by atoms with Crippen LogP contribution >= 0.6 is 15.9 Å². The number of nitrogens with two attached hydrogens (primary N) is 1. The van der Waals surface area contributed by atoms with Crippen LogP contribution in [0.4, 0.5) is 5.69 Å². The molecule has 0 aliphatic rings. The first-order valence-electron chi connectivity index (χ1n) is 6.06. The Balaban J connectivity index is 2.16. The largest absolute Gasteiger partial charge is 0.508 e. The number of rotatable bonds is 3. The van der Waals surface area contributed by atoms with E-state index in [9.17, 15) is 9.90 Å². The van der Waals surface area contributed by atoms with Crippen LogP contribution in [0.15, 0.2) is 46.9 Å². The minimum Gasteiger partial charge on any atom is -0.508 e. The molecule has 3 N–H and O–H groups in total.